The lowest BCUT2D eigenvalue weighted by molar-refractivity contribution is 0.122. The highest BCUT2D eigenvalue weighted by Gasteiger charge is 2.21. The highest BCUT2D eigenvalue weighted by Crippen LogP contribution is 2.31. The van der Waals surface area contributed by atoms with Crippen LogP contribution in [0.3, 0.4) is 0 Å². The first-order valence-corrected chi connectivity index (χ1v) is 10.0. The van der Waals surface area contributed by atoms with Crippen molar-refractivity contribution < 1.29 is 17.9 Å². The summed E-state index contributed by atoms with van der Waals surface area (Å²) in [5, 5.41) is 3.89. The second kappa shape index (κ2) is 8.58. The van der Waals surface area contributed by atoms with E-state index in [-0.39, 0.29) is 11.1 Å². The molecular formula is C22H23F3N4O2. The molecule has 0 radical (unpaired) electrons. The summed E-state index contributed by atoms with van der Waals surface area (Å²) in [6.07, 6.45) is -1.34. The maximum Gasteiger partial charge on any atom is 0.275 e. The number of hydrogen-bond acceptors (Lipinski definition) is 5. The zero-order valence-electron chi connectivity index (χ0n) is 17.2. The van der Waals surface area contributed by atoms with Gasteiger partial charge in [-0.25, -0.2) is 18.2 Å². The summed E-state index contributed by atoms with van der Waals surface area (Å²) in [7, 11) is 1.65. The van der Waals surface area contributed by atoms with Crippen LogP contribution < -0.4 is 15.8 Å². The van der Waals surface area contributed by atoms with Gasteiger partial charge in [-0.15, -0.1) is 0 Å². The Labute approximate surface area is 177 Å². The van der Waals surface area contributed by atoms with Crippen LogP contribution in [0.4, 0.5) is 24.5 Å². The number of benzene rings is 1. The van der Waals surface area contributed by atoms with Gasteiger partial charge < -0.3 is 15.0 Å². The molecule has 0 spiro atoms. The molecule has 1 saturated heterocycles. The number of nitrogens with zero attached hydrogens (tertiary/aromatic N) is 3. The van der Waals surface area contributed by atoms with Crippen molar-refractivity contribution in [3.63, 3.8) is 0 Å². The number of hydrogen-bond donors (Lipinski definition) is 1. The van der Waals surface area contributed by atoms with Crippen LogP contribution in [0.1, 0.15) is 30.5 Å². The molecule has 3 aromatic rings. The molecular weight excluding hydrogens is 409 g/mol. The fraction of sp³-hybridized carbons (Fsp3) is 0.364. The smallest absolute Gasteiger partial charge is 0.275 e. The van der Waals surface area contributed by atoms with E-state index in [1.807, 2.05) is 4.90 Å². The van der Waals surface area contributed by atoms with Crippen LogP contribution >= 0.6 is 0 Å². The summed E-state index contributed by atoms with van der Waals surface area (Å²) in [5.74, 6) is -0.919. The number of alkyl halides is 2. The van der Waals surface area contributed by atoms with Gasteiger partial charge in [0.25, 0.3) is 12.0 Å². The van der Waals surface area contributed by atoms with E-state index in [1.54, 1.807) is 32.3 Å². The summed E-state index contributed by atoms with van der Waals surface area (Å²) in [6.45, 7) is 3.98. The molecule has 0 unspecified atom stereocenters. The summed E-state index contributed by atoms with van der Waals surface area (Å²) in [4.78, 5) is 19.2. The van der Waals surface area contributed by atoms with Gasteiger partial charge in [0.2, 0.25) is 0 Å². The van der Waals surface area contributed by atoms with Gasteiger partial charge in [0.1, 0.15) is 17.2 Å². The molecule has 1 atom stereocenters. The van der Waals surface area contributed by atoms with E-state index >= 15 is 0 Å². The van der Waals surface area contributed by atoms with Gasteiger partial charge >= 0.3 is 0 Å². The summed E-state index contributed by atoms with van der Waals surface area (Å²) < 4.78 is 47.7. The van der Waals surface area contributed by atoms with Gasteiger partial charge in [0.05, 0.1) is 24.8 Å². The number of halogens is 3. The number of fused-ring (bicyclic) bond motifs is 1. The molecule has 0 saturated carbocycles. The van der Waals surface area contributed by atoms with Crippen LogP contribution in [0.5, 0.6) is 0 Å². The molecule has 0 bridgehead atoms. The summed E-state index contributed by atoms with van der Waals surface area (Å²) in [5.41, 5.74) is 0.991. The van der Waals surface area contributed by atoms with Crippen LogP contribution in [0.25, 0.3) is 11.0 Å². The van der Waals surface area contributed by atoms with Crippen molar-refractivity contribution in [3.05, 3.63) is 63.8 Å². The van der Waals surface area contributed by atoms with Crippen LogP contribution in [-0.2, 0) is 11.8 Å². The summed E-state index contributed by atoms with van der Waals surface area (Å²) in [6, 6.07) is 6.90. The van der Waals surface area contributed by atoms with E-state index in [4.69, 9.17) is 4.74 Å². The first kappa shape index (κ1) is 21.2. The topological polar surface area (TPSA) is 59.4 Å². The molecule has 0 amide bonds. The zero-order valence-corrected chi connectivity index (χ0v) is 17.2. The normalized spacial score (nSPS) is 15.5. The van der Waals surface area contributed by atoms with E-state index < -0.39 is 23.8 Å². The van der Waals surface area contributed by atoms with Crippen LogP contribution in [-0.4, -0.2) is 35.9 Å². The van der Waals surface area contributed by atoms with Crippen molar-refractivity contribution in [2.75, 3.05) is 36.5 Å². The SMILES string of the molecule is C[C@@H](Nc1ccnc2c1cc(N1CCOCC1)c(=O)n2C)c1cccc(C(F)F)c1F. The fourth-order valence-corrected chi connectivity index (χ4v) is 3.88. The lowest BCUT2D eigenvalue weighted by atomic mass is 10.0. The molecule has 1 aromatic carbocycles. The Hall–Kier alpha value is -3.07. The Morgan fingerprint density at radius 3 is 2.58 bits per heavy atom. The quantitative estimate of drug-likeness (QED) is 0.660. The number of ether oxygens (including phenoxy) is 1. The minimum Gasteiger partial charge on any atom is -0.378 e. The molecule has 31 heavy (non-hydrogen) atoms. The van der Waals surface area contributed by atoms with Gasteiger partial charge in [-0.2, -0.15) is 0 Å². The molecule has 9 heteroatoms. The molecule has 1 aliphatic rings. The Kier molecular flexibility index (Phi) is 5.86. The second-order valence-corrected chi connectivity index (χ2v) is 7.51. The van der Waals surface area contributed by atoms with Crippen molar-refractivity contribution in [2.24, 2.45) is 7.05 Å². The number of anilines is 2. The van der Waals surface area contributed by atoms with Crippen molar-refractivity contribution in [3.8, 4) is 0 Å². The number of pyridine rings is 2. The van der Waals surface area contributed by atoms with Crippen molar-refractivity contribution >= 4 is 22.4 Å². The Morgan fingerprint density at radius 1 is 1.16 bits per heavy atom. The highest BCUT2D eigenvalue weighted by atomic mass is 19.3. The van der Waals surface area contributed by atoms with Crippen molar-refractivity contribution in [1.82, 2.24) is 9.55 Å². The molecule has 2 aromatic heterocycles. The molecule has 3 heterocycles. The predicted molar refractivity (Wildman–Crippen MR) is 113 cm³/mol. The van der Waals surface area contributed by atoms with Crippen LogP contribution in [0.15, 0.2) is 41.3 Å². The molecule has 1 fully saturated rings. The average molecular weight is 432 g/mol. The van der Waals surface area contributed by atoms with E-state index in [9.17, 15) is 18.0 Å². The Bertz CT molecular complexity index is 1160. The predicted octanol–water partition coefficient (Wildman–Crippen LogP) is 4.02. The van der Waals surface area contributed by atoms with Gasteiger partial charge in [-0.05, 0) is 19.1 Å². The molecule has 0 aliphatic carbocycles. The summed E-state index contributed by atoms with van der Waals surface area (Å²) >= 11 is 0. The number of morpholine rings is 1. The average Bonchev–Trinajstić information content (AvgIpc) is 2.77. The van der Waals surface area contributed by atoms with Gasteiger partial charge in [-0.3, -0.25) is 9.36 Å². The lowest BCUT2D eigenvalue weighted by Gasteiger charge is -2.29. The molecule has 6 nitrogen and oxygen atoms in total. The third kappa shape index (κ3) is 3.97. The van der Waals surface area contributed by atoms with E-state index in [0.29, 0.717) is 48.7 Å². The number of nitrogens with one attached hydrogen (secondary N) is 1. The van der Waals surface area contributed by atoms with Crippen molar-refractivity contribution in [2.45, 2.75) is 19.4 Å². The Balaban J connectivity index is 1.75. The van der Waals surface area contributed by atoms with E-state index in [0.717, 1.165) is 6.07 Å². The largest absolute Gasteiger partial charge is 0.378 e. The van der Waals surface area contributed by atoms with Gasteiger partial charge in [0.15, 0.2) is 0 Å². The minimum absolute atomic E-state index is 0.140. The van der Waals surface area contributed by atoms with Crippen molar-refractivity contribution in [1.29, 1.82) is 0 Å². The third-order valence-corrected chi connectivity index (χ3v) is 5.58. The van der Waals surface area contributed by atoms with Crippen LogP contribution in [0.2, 0.25) is 0 Å². The number of aromatic nitrogens is 2. The van der Waals surface area contributed by atoms with E-state index in [1.165, 1.54) is 16.7 Å². The third-order valence-electron chi connectivity index (χ3n) is 5.58. The maximum atomic E-state index is 14.6. The number of rotatable bonds is 5. The monoisotopic (exact) mass is 432 g/mol. The fourth-order valence-electron chi connectivity index (χ4n) is 3.88. The number of aryl methyl sites for hydroxylation is 1. The Morgan fingerprint density at radius 2 is 1.87 bits per heavy atom. The van der Waals surface area contributed by atoms with E-state index in [2.05, 4.69) is 10.3 Å². The first-order chi connectivity index (χ1) is 14.9. The van der Waals surface area contributed by atoms with Gasteiger partial charge in [-0.1, -0.05) is 18.2 Å². The van der Waals surface area contributed by atoms with Crippen LogP contribution in [0, 0.1) is 5.82 Å². The molecule has 4 rings (SSSR count). The highest BCUT2D eigenvalue weighted by molar-refractivity contribution is 5.91. The standard InChI is InChI=1S/C22H23F3N4O2/c1-13(14-4-3-5-15(19(14)23)20(24)25)27-17-6-7-26-21-16(17)12-18(22(30)28(21)2)29-8-10-31-11-9-29/h3-7,12-13,20H,8-11H2,1-2H3,(H,26,27)/t13-/m1/s1. The molecule has 1 aliphatic heterocycles. The lowest BCUT2D eigenvalue weighted by Crippen LogP contribution is -2.40. The molecule has 1 N–H and O–H groups in total. The minimum atomic E-state index is -2.89. The second-order valence-electron chi connectivity index (χ2n) is 7.51. The first-order valence-electron chi connectivity index (χ1n) is 10.0. The maximum absolute atomic E-state index is 14.6. The zero-order chi connectivity index (χ0) is 22.1. The van der Waals surface area contributed by atoms with Gasteiger partial charge in [0, 0.05) is 43.0 Å². The molecule has 164 valence electrons.